The predicted octanol–water partition coefficient (Wildman–Crippen LogP) is 3.47. The second-order valence-corrected chi connectivity index (χ2v) is 7.34. The Balaban J connectivity index is 2.11. The molecule has 8 heteroatoms. The van der Waals surface area contributed by atoms with Crippen LogP contribution >= 0.6 is 0 Å². The van der Waals surface area contributed by atoms with Crippen LogP contribution in [0.1, 0.15) is 51.0 Å². The number of carbonyl (C=O) groups excluding carboxylic acids is 3. The Labute approximate surface area is 183 Å². The highest BCUT2D eigenvalue weighted by Gasteiger charge is 2.58. The third kappa shape index (κ3) is 6.07. The van der Waals surface area contributed by atoms with Crippen LogP contribution in [-0.4, -0.2) is 56.0 Å². The van der Waals surface area contributed by atoms with E-state index in [-0.39, 0.29) is 13.2 Å². The van der Waals surface area contributed by atoms with E-state index in [1.807, 2.05) is 30.3 Å². The lowest BCUT2D eigenvalue weighted by molar-refractivity contribution is -0.204. The maximum absolute atomic E-state index is 12.9. The highest BCUT2D eigenvalue weighted by molar-refractivity contribution is 6.06. The van der Waals surface area contributed by atoms with Gasteiger partial charge in [-0.15, -0.1) is 0 Å². The molecule has 0 bridgehead atoms. The van der Waals surface area contributed by atoms with Crippen molar-refractivity contribution in [2.45, 2.75) is 51.2 Å². The Morgan fingerprint density at radius 3 is 2.39 bits per heavy atom. The molecule has 1 aliphatic rings. The first-order chi connectivity index (χ1) is 15.0. The number of ether oxygens (including phenoxy) is 3. The molecule has 0 aliphatic carbocycles. The van der Waals surface area contributed by atoms with Crippen molar-refractivity contribution in [2.75, 3.05) is 27.4 Å². The van der Waals surface area contributed by atoms with E-state index in [2.05, 4.69) is 12.2 Å². The molecule has 8 nitrogen and oxygen atoms in total. The number of rotatable bonds is 12. The molecule has 1 heterocycles. The van der Waals surface area contributed by atoms with Gasteiger partial charge in [-0.3, -0.25) is 4.90 Å². The summed E-state index contributed by atoms with van der Waals surface area (Å²) in [7, 11) is 2.31. The van der Waals surface area contributed by atoms with Gasteiger partial charge in [-0.1, -0.05) is 69.4 Å². The van der Waals surface area contributed by atoms with Crippen LogP contribution in [0.4, 0.5) is 4.79 Å². The molecular weight excluding hydrogens is 400 g/mol. The van der Waals surface area contributed by atoms with Gasteiger partial charge < -0.3 is 19.5 Å². The van der Waals surface area contributed by atoms with Gasteiger partial charge in [-0.25, -0.2) is 14.4 Å². The summed E-state index contributed by atoms with van der Waals surface area (Å²) in [5.74, 6) is -1.98. The Bertz CT molecular complexity index is 780. The number of amides is 2. The van der Waals surface area contributed by atoms with Gasteiger partial charge in [0.25, 0.3) is 0 Å². The van der Waals surface area contributed by atoms with E-state index in [0.29, 0.717) is 12.1 Å². The molecule has 31 heavy (non-hydrogen) atoms. The largest absolute Gasteiger partial charge is 0.465 e. The summed E-state index contributed by atoms with van der Waals surface area (Å²) in [4.78, 5) is 39.2. The summed E-state index contributed by atoms with van der Waals surface area (Å²) < 4.78 is 15.4. The zero-order valence-electron chi connectivity index (χ0n) is 18.5. The summed E-state index contributed by atoms with van der Waals surface area (Å²) in [6.45, 7) is 2.24. The quantitative estimate of drug-likeness (QED) is 0.309. The third-order valence-electron chi connectivity index (χ3n) is 5.13. The van der Waals surface area contributed by atoms with Crippen LogP contribution in [0.25, 0.3) is 6.08 Å². The zero-order valence-corrected chi connectivity index (χ0v) is 18.5. The third-order valence-corrected chi connectivity index (χ3v) is 5.13. The molecule has 0 radical (unpaired) electrons. The summed E-state index contributed by atoms with van der Waals surface area (Å²) in [6.07, 6.45) is 7.87. The molecule has 1 N–H and O–H groups in total. The zero-order chi connectivity index (χ0) is 22.7. The monoisotopic (exact) mass is 432 g/mol. The normalized spacial score (nSPS) is 16.7. The first kappa shape index (κ1) is 24.4. The first-order valence-electron chi connectivity index (χ1n) is 10.6. The van der Waals surface area contributed by atoms with Crippen molar-refractivity contribution >= 4 is 24.0 Å². The SMILES string of the molecule is CCCCCCCCOC(=O)C(OC)(C(=O)OC)N1CC(=Cc2ccccc2)NC1=O. The van der Waals surface area contributed by atoms with Gasteiger partial charge in [0.1, 0.15) is 0 Å². The maximum atomic E-state index is 12.9. The second-order valence-electron chi connectivity index (χ2n) is 7.34. The number of carbonyl (C=O) groups is 3. The molecule has 1 aromatic carbocycles. The molecule has 1 saturated heterocycles. The van der Waals surface area contributed by atoms with Gasteiger partial charge in [0.2, 0.25) is 0 Å². The summed E-state index contributed by atoms with van der Waals surface area (Å²) in [5.41, 5.74) is -0.926. The Hall–Kier alpha value is -2.87. The van der Waals surface area contributed by atoms with Crippen LogP contribution < -0.4 is 5.32 Å². The van der Waals surface area contributed by atoms with Gasteiger partial charge >= 0.3 is 23.7 Å². The van der Waals surface area contributed by atoms with Gasteiger partial charge in [0.05, 0.1) is 20.3 Å². The molecule has 2 amide bonds. The fourth-order valence-corrected chi connectivity index (χ4v) is 3.44. The van der Waals surface area contributed by atoms with E-state index in [4.69, 9.17) is 14.2 Å². The highest BCUT2D eigenvalue weighted by atomic mass is 16.6. The number of hydrogen-bond donors (Lipinski definition) is 1. The number of urea groups is 1. The minimum atomic E-state index is -2.31. The number of nitrogens with one attached hydrogen (secondary N) is 1. The Morgan fingerprint density at radius 2 is 1.74 bits per heavy atom. The van der Waals surface area contributed by atoms with Crippen molar-refractivity contribution in [3.8, 4) is 0 Å². The topological polar surface area (TPSA) is 94.2 Å². The van der Waals surface area contributed by atoms with E-state index in [0.717, 1.165) is 43.3 Å². The Kier molecular flexibility index (Phi) is 9.52. The number of unbranched alkanes of at least 4 members (excludes halogenated alkanes) is 5. The van der Waals surface area contributed by atoms with Crippen LogP contribution in [0.3, 0.4) is 0 Å². The number of esters is 2. The molecule has 1 atom stereocenters. The van der Waals surface area contributed by atoms with E-state index in [1.165, 1.54) is 13.5 Å². The average molecular weight is 433 g/mol. The van der Waals surface area contributed by atoms with Gasteiger partial charge in [-0.2, -0.15) is 0 Å². The fraction of sp³-hybridized carbons (Fsp3) is 0.522. The fourth-order valence-electron chi connectivity index (χ4n) is 3.44. The molecule has 170 valence electrons. The molecule has 1 fully saturated rings. The van der Waals surface area contributed by atoms with Crippen molar-refractivity contribution in [2.24, 2.45) is 0 Å². The first-order valence-corrected chi connectivity index (χ1v) is 10.6. The second kappa shape index (κ2) is 12.1. The molecule has 2 rings (SSSR count). The van der Waals surface area contributed by atoms with Crippen molar-refractivity contribution in [3.05, 3.63) is 41.6 Å². The average Bonchev–Trinajstić information content (AvgIpc) is 3.14. The number of hydrogen-bond acceptors (Lipinski definition) is 6. The van der Waals surface area contributed by atoms with E-state index in [1.54, 1.807) is 6.08 Å². The lowest BCUT2D eigenvalue weighted by Gasteiger charge is -2.34. The van der Waals surface area contributed by atoms with E-state index < -0.39 is 23.7 Å². The van der Waals surface area contributed by atoms with Gasteiger partial charge in [-0.05, 0) is 18.1 Å². The van der Waals surface area contributed by atoms with Crippen molar-refractivity contribution in [1.82, 2.24) is 10.2 Å². The van der Waals surface area contributed by atoms with Crippen LogP contribution in [0, 0.1) is 0 Å². The highest BCUT2D eigenvalue weighted by Crippen LogP contribution is 2.26. The summed E-state index contributed by atoms with van der Waals surface area (Å²) in [6, 6.07) is 8.73. The molecule has 0 spiro atoms. The molecule has 1 aromatic rings. The van der Waals surface area contributed by atoms with E-state index in [9.17, 15) is 14.4 Å². The van der Waals surface area contributed by atoms with Crippen molar-refractivity contribution < 1.29 is 28.6 Å². The van der Waals surface area contributed by atoms with Gasteiger partial charge in [0.15, 0.2) is 0 Å². The predicted molar refractivity (Wildman–Crippen MR) is 116 cm³/mol. The molecule has 0 aromatic heterocycles. The van der Waals surface area contributed by atoms with Crippen LogP contribution in [0.15, 0.2) is 36.0 Å². The molecule has 1 unspecified atom stereocenters. The number of methoxy groups -OCH3 is 2. The van der Waals surface area contributed by atoms with Crippen LogP contribution in [-0.2, 0) is 23.8 Å². The lowest BCUT2D eigenvalue weighted by Crippen LogP contribution is -2.63. The summed E-state index contributed by atoms with van der Waals surface area (Å²) in [5, 5.41) is 2.67. The van der Waals surface area contributed by atoms with Crippen LogP contribution in [0.2, 0.25) is 0 Å². The van der Waals surface area contributed by atoms with Gasteiger partial charge in [0, 0.05) is 12.8 Å². The minimum Gasteiger partial charge on any atom is -0.465 e. The van der Waals surface area contributed by atoms with Crippen molar-refractivity contribution in [3.63, 3.8) is 0 Å². The lowest BCUT2D eigenvalue weighted by atomic mass is 10.1. The minimum absolute atomic E-state index is 0.0389. The van der Waals surface area contributed by atoms with Crippen molar-refractivity contribution in [1.29, 1.82) is 0 Å². The molecular formula is C23H32N2O6. The Morgan fingerprint density at radius 1 is 1.06 bits per heavy atom. The van der Waals surface area contributed by atoms with Crippen LogP contribution in [0.5, 0.6) is 0 Å². The van der Waals surface area contributed by atoms with E-state index >= 15 is 0 Å². The summed E-state index contributed by atoms with van der Waals surface area (Å²) >= 11 is 0. The molecule has 0 saturated carbocycles. The number of benzene rings is 1. The smallest absolute Gasteiger partial charge is 0.372 e. The number of nitrogens with zero attached hydrogens (tertiary/aromatic N) is 1. The maximum Gasteiger partial charge on any atom is 0.372 e. The standard InChI is InChI=1S/C23H32N2O6/c1-4-5-6-7-8-12-15-31-21(27)23(30-3,20(26)29-2)25-17-19(24-22(25)28)16-18-13-10-9-11-14-18/h9-11,13-14,16H,4-8,12,15,17H2,1-3H3,(H,24,28). The molecule has 1 aliphatic heterocycles.